The summed E-state index contributed by atoms with van der Waals surface area (Å²) in [6, 6.07) is 0.756. The van der Waals surface area contributed by atoms with Gasteiger partial charge >= 0.3 is 12.2 Å². The Bertz CT molecular complexity index is 549. The maximum Gasteiger partial charge on any atom is 0.416 e. The van der Waals surface area contributed by atoms with E-state index in [2.05, 4.69) is 4.98 Å². The zero-order valence-electron chi connectivity index (χ0n) is 10.3. The van der Waals surface area contributed by atoms with Gasteiger partial charge in [-0.25, -0.2) is 14.7 Å². The highest BCUT2D eigenvalue weighted by atomic mass is 19.4. The Morgan fingerprint density at radius 2 is 2.15 bits per heavy atom. The van der Waals surface area contributed by atoms with E-state index in [0.717, 1.165) is 29.7 Å². The van der Waals surface area contributed by atoms with Gasteiger partial charge in [0, 0.05) is 12.7 Å². The van der Waals surface area contributed by atoms with Crippen molar-refractivity contribution in [1.29, 1.82) is 0 Å². The third kappa shape index (κ3) is 1.91. The minimum atomic E-state index is -4.51. The summed E-state index contributed by atoms with van der Waals surface area (Å²) in [4.78, 5) is 18.3. The van der Waals surface area contributed by atoms with Crippen molar-refractivity contribution in [2.45, 2.75) is 31.3 Å². The number of aromatic nitrogens is 1. The van der Waals surface area contributed by atoms with E-state index in [1.54, 1.807) is 0 Å². The maximum absolute atomic E-state index is 12.7. The van der Waals surface area contributed by atoms with Crippen LogP contribution in [0.4, 0.5) is 23.8 Å². The third-order valence-electron chi connectivity index (χ3n) is 3.68. The van der Waals surface area contributed by atoms with E-state index in [0.29, 0.717) is 13.0 Å². The molecule has 1 aromatic rings. The highest BCUT2D eigenvalue weighted by molar-refractivity contribution is 5.94. The molecule has 0 aromatic carbocycles. The van der Waals surface area contributed by atoms with Crippen LogP contribution in [0.5, 0.6) is 0 Å². The third-order valence-corrected chi connectivity index (χ3v) is 3.68. The van der Waals surface area contributed by atoms with E-state index in [1.807, 2.05) is 0 Å². The summed E-state index contributed by atoms with van der Waals surface area (Å²) in [6.07, 6.45) is -3.25. The lowest BCUT2D eigenvalue weighted by molar-refractivity contribution is -0.137. The van der Waals surface area contributed by atoms with Gasteiger partial charge in [-0.05, 0) is 25.0 Å². The van der Waals surface area contributed by atoms with Crippen molar-refractivity contribution < 1.29 is 23.1 Å². The van der Waals surface area contributed by atoms with Crippen LogP contribution in [0.15, 0.2) is 18.3 Å². The highest BCUT2D eigenvalue weighted by Crippen LogP contribution is 2.35. The smallest absolute Gasteiger partial charge is 0.371 e. The van der Waals surface area contributed by atoms with Gasteiger partial charge in [-0.3, -0.25) is 0 Å². The summed E-state index contributed by atoms with van der Waals surface area (Å²) >= 11 is 0. The second-order valence-corrected chi connectivity index (χ2v) is 4.87. The van der Waals surface area contributed by atoms with Gasteiger partial charge in [0.25, 0.3) is 0 Å². The van der Waals surface area contributed by atoms with Gasteiger partial charge in [-0.15, -0.1) is 0 Å². The Morgan fingerprint density at radius 1 is 1.40 bits per heavy atom. The van der Waals surface area contributed by atoms with E-state index in [1.165, 1.54) is 4.90 Å². The molecule has 2 amide bonds. The van der Waals surface area contributed by atoms with Crippen LogP contribution >= 0.6 is 0 Å². The molecule has 0 radical (unpaired) electrons. The van der Waals surface area contributed by atoms with Gasteiger partial charge in [0.15, 0.2) is 6.23 Å². The van der Waals surface area contributed by atoms with Crippen LogP contribution in [0.2, 0.25) is 0 Å². The van der Waals surface area contributed by atoms with Crippen molar-refractivity contribution in [3.63, 3.8) is 0 Å². The average molecular weight is 287 g/mol. The van der Waals surface area contributed by atoms with E-state index >= 15 is 0 Å². The van der Waals surface area contributed by atoms with Gasteiger partial charge in [-0.1, -0.05) is 0 Å². The fourth-order valence-electron chi connectivity index (χ4n) is 2.72. The molecule has 20 heavy (non-hydrogen) atoms. The normalized spacial score (nSPS) is 26.3. The summed E-state index contributed by atoms with van der Waals surface area (Å²) < 4.78 is 38.0. The van der Waals surface area contributed by atoms with Crippen molar-refractivity contribution in [1.82, 2.24) is 9.88 Å². The monoisotopic (exact) mass is 287 g/mol. The molecule has 0 aliphatic carbocycles. The van der Waals surface area contributed by atoms with Crippen molar-refractivity contribution in [3.8, 4) is 0 Å². The number of aliphatic hydroxyl groups is 1. The zero-order valence-corrected chi connectivity index (χ0v) is 10.3. The summed E-state index contributed by atoms with van der Waals surface area (Å²) in [7, 11) is 0. The lowest BCUT2D eigenvalue weighted by atomic mass is 10.2. The number of carbonyl (C=O) groups excluding carboxylic acids is 1. The highest BCUT2D eigenvalue weighted by Gasteiger charge is 2.48. The molecule has 5 nitrogen and oxygen atoms in total. The minimum Gasteiger partial charge on any atom is -0.371 e. The molecule has 2 aliphatic heterocycles. The van der Waals surface area contributed by atoms with Gasteiger partial charge in [0.05, 0.1) is 11.6 Å². The van der Waals surface area contributed by atoms with Crippen LogP contribution in [-0.4, -0.2) is 39.8 Å². The first-order valence-electron chi connectivity index (χ1n) is 6.21. The second kappa shape index (κ2) is 4.34. The number of nitrogens with zero attached hydrogens (tertiary/aromatic N) is 3. The largest absolute Gasteiger partial charge is 0.416 e. The van der Waals surface area contributed by atoms with Crippen LogP contribution in [0.3, 0.4) is 0 Å². The van der Waals surface area contributed by atoms with Gasteiger partial charge in [0.1, 0.15) is 5.82 Å². The minimum absolute atomic E-state index is 0.174. The number of anilines is 1. The summed E-state index contributed by atoms with van der Waals surface area (Å²) in [5.41, 5.74) is -0.894. The predicted octanol–water partition coefficient (Wildman–Crippen LogP) is 1.82. The number of carbonyl (C=O) groups is 1. The molecule has 1 N–H and O–H groups in total. The Kier molecular flexibility index (Phi) is 2.86. The molecule has 8 heteroatoms. The quantitative estimate of drug-likeness (QED) is 0.857. The molecular formula is C12H12F3N3O2. The first kappa shape index (κ1) is 13.2. The topological polar surface area (TPSA) is 56.7 Å². The zero-order chi connectivity index (χ0) is 14.5. The van der Waals surface area contributed by atoms with Gasteiger partial charge < -0.3 is 10.0 Å². The number of aliphatic hydroxyl groups excluding tert-OH is 1. The molecule has 2 fully saturated rings. The number of urea groups is 1. The molecule has 3 heterocycles. The van der Waals surface area contributed by atoms with E-state index in [-0.39, 0.29) is 11.9 Å². The van der Waals surface area contributed by atoms with E-state index in [4.69, 9.17) is 0 Å². The van der Waals surface area contributed by atoms with Crippen LogP contribution < -0.4 is 4.90 Å². The number of alkyl halides is 3. The molecule has 1 unspecified atom stereocenters. The SMILES string of the molecule is O=C1N(c2cc(C(F)(F)F)ccn2)C(O)[C@@H]2CCCN12. The van der Waals surface area contributed by atoms with Crippen molar-refractivity contribution >= 4 is 11.8 Å². The molecule has 2 atom stereocenters. The number of fused-ring (bicyclic) bond motifs is 1. The van der Waals surface area contributed by atoms with E-state index < -0.39 is 24.0 Å². The second-order valence-electron chi connectivity index (χ2n) is 4.87. The predicted molar refractivity (Wildman–Crippen MR) is 62.8 cm³/mol. The molecular weight excluding hydrogens is 275 g/mol. The summed E-state index contributed by atoms with van der Waals surface area (Å²) in [5.74, 6) is -0.174. The summed E-state index contributed by atoms with van der Waals surface area (Å²) in [6.45, 7) is 0.510. The molecule has 0 bridgehead atoms. The van der Waals surface area contributed by atoms with Crippen molar-refractivity contribution in [2.24, 2.45) is 0 Å². The van der Waals surface area contributed by atoms with E-state index in [9.17, 15) is 23.1 Å². The van der Waals surface area contributed by atoms with Crippen LogP contribution in [-0.2, 0) is 6.18 Å². The van der Waals surface area contributed by atoms with Crippen LogP contribution in [0, 0.1) is 0 Å². The standard InChI is InChI=1S/C12H12F3N3O2/c13-12(14,15)7-3-4-16-9(6-7)18-10(19)8-2-1-5-17(8)11(18)20/h3-4,6,8,10,19H,1-2,5H2/t8-,10?/m0/s1. The first-order valence-corrected chi connectivity index (χ1v) is 6.21. The number of halogens is 3. The number of rotatable bonds is 1. The fraction of sp³-hybridized carbons (Fsp3) is 0.500. The lowest BCUT2D eigenvalue weighted by Gasteiger charge is -2.20. The van der Waals surface area contributed by atoms with Gasteiger partial charge in [-0.2, -0.15) is 13.2 Å². The maximum atomic E-state index is 12.7. The fourth-order valence-corrected chi connectivity index (χ4v) is 2.72. The first-order chi connectivity index (χ1) is 9.39. The number of pyridine rings is 1. The molecule has 1 aromatic heterocycles. The Hall–Kier alpha value is -1.83. The lowest BCUT2D eigenvalue weighted by Crippen LogP contribution is -2.37. The van der Waals surface area contributed by atoms with Crippen molar-refractivity contribution in [2.75, 3.05) is 11.4 Å². The Balaban J connectivity index is 1.95. The molecule has 3 rings (SSSR count). The van der Waals surface area contributed by atoms with Crippen LogP contribution in [0.25, 0.3) is 0 Å². The molecule has 0 spiro atoms. The summed E-state index contributed by atoms with van der Waals surface area (Å²) in [5, 5.41) is 10.1. The molecule has 0 saturated carbocycles. The molecule has 108 valence electrons. The van der Waals surface area contributed by atoms with Gasteiger partial charge in [0.2, 0.25) is 0 Å². The van der Waals surface area contributed by atoms with Crippen LogP contribution in [0.1, 0.15) is 18.4 Å². The number of hydrogen-bond donors (Lipinski definition) is 1. The van der Waals surface area contributed by atoms with Crippen molar-refractivity contribution in [3.05, 3.63) is 23.9 Å². The Morgan fingerprint density at radius 3 is 2.80 bits per heavy atom. The Labute approximate surface area is 112 Å². The number of hydrogen-bond acceptors (Lipinski definition) is 3. The average Bonchev–Trinajstić information content (AvgIpc) is 2.94. The molecule has 2 aliphatic rings. The molecule has 2 saturated heterocycles. The number of amides is 2.